The van der Waals surface area contributed by atoms with E-state index in [-0.39, 0.29) is 0 Å². The van der Waals surface area contributed by atoms with Crippen LogP contribution in [0.1, 0.15) is 24.1 Å². The van der Waals surface area contributed by atoms with Crippen LogP contribution in [0.4, 0.5) is 0 Å². The molecule has 16 heavy (non-hydrogen) atoms. The Morgan fingerprint density at radius 2 is 2.38 bits per heavy atom. The van der Waals surface area contributed by atoms with Gasteiger partial charge in [-0.1, -0.05) is 6.92 Å². The Morgan fingerprint density at radius 3 is 3.12 bits per heavy atom. The van der Waals surface area contributed by atoms with Crippen LogP contribution in [-0.2, 0) is 30.3 Å². The molecule has 1 aliphatic heterocycles. The van der Waals surface area contributed by atoms with Crippen molar-refractivity contribution in [1.29, 1.82) is 0 Å². The van der Waals surface area contributed by atoms with E-state index in [0.717, 1.165) is 43.4 Å². The molecule has 4 nitrogen and oxygen atoms in total. The molecule has 90 valence electrons. The average Bonchev–Trinajstić information content (AvgIpc) is 2.62. The second-order valence-electron chi connectivity index (χ2n) is 4.06. The van der Waals surface area contributed by atoms with Gasteiger partial charge in [-0.3, -0.25) is 4.21 Å². The molecule has 1 aromatic rings. The van der Waals surface area contributed by atoms with Crippen molar-refractivity contribution in [2.45, 2.75) is 33.4 Å². The highest BCUT2D eigenvalue weighted by Crippen LogP contribution is 2.15. The van der Waals surface area contributed by atoms with Crippen LogP contribution < -0.4 is 5.32 Å². The van der Waals surface area contributed by atoms with Gasteiger partial charge in [0.2, 0.25) is 0 Å². The van der Waals surface area contributed by atoms with E-state index >= 15 is 0 Å². The van der Waals surface area contributed by atoms with Gasteiger partial charge in [0.15, 0.2) is 0 Å². The minimum atomic E-state index is -0.685. The minimum absolute atomic E-state index is 0.685. The normalized spacial score (nSPS) is 17.1. The first-order chi connectivity index (χ1) is 7.72. The summed E-state index contributed by atoms with van der Waals surface area (Å²) < 4.78 is 13.7. The molecule has 1 unspecified atom stereocenters. The lowest BCUT2D eigenvalue weighted by molar-refractivity contribution is 0.594. The van der Waals surface area contributed by atoms with E-state index < -0.39 is 10.8 Å². The third kappa shape index (κ3) is 2.35. The van der Waals surface area contributed by atoms with Crippen molar-refractivity contribution < 1.29 is 4.21 Å². The monoisotopic (exact) mass is 241 g/mol. The molecule has 0 amide bonds. The van der Waals surface area contributed by atoms with Gasteiger partial charge in [-0.05, 0) is 6.92 Å². The second-order valence-corrected chi connectivity index (χ2v) is 5.93. The highest BCUT2D eigenvalue weighted by atomic mass is 32.2. The molecule has 1 aliphatic rings. The van der Waals surface area contributed by atoms with E-state index in [4.69, 9.17) is 0 Å². The molecule has 0 aromatic carbocycles. The van der Waals surface area contributed by atoms with Crippen LogP contribution in [0.3, 0.4) is 0 Å². The summed E-state index contributed by atoms with van der Waals surface area (Å²) in [5.74, 6) is 2.55. The number of nitrogens with zero attached hydrogens (tertiary/aromatic N) is 2. The first kappa shape index (κ1) is 11.8. The topological polar surface area (TPSA) is 46.9 Å². The largest absolute Gasteiger partial charge is 0.331 e. The molecule has 0 spiro atoms. The summed E-state index contributed by atoms with van der Waals surface area (Å²) in [5, 5.41) is 3.32. The molecule has 1 atom stereocenters. The zero-order valence-electron chi connectivity index (χ0n) is 9.95. The maximum Gasteiger partial charge on any atom is 0.106 e. The Labute approximate surface area is 98.9 Å². The number of aryl methyl sites for hydroxylation is 1. The fourth-order valence-electron chi connectivity index (χ4n) is 2.14. The molecule has 1 N–H and O–H groups in total. The predicted octanol–water partition coefficient (Wildman–Crippen LogP) is 0.606. The maximum absolute atomic E-state index is 11.5. The van der Waals surface area contributed by atoms with Gasteiger partial charge in [-0.2, -0.15) is 0 Å². The Balaban J connectivity index is 2.13. The van der Waals surface area contributed by atoms with Gasteiger partial charge >= 0.3 is 0 Å². The average molecular weight is 241 g/mol. The number of hydrogen-bond acceptors (Lipinski definition) is 3. The Hall–Kier alpha value is -0.680. The summed E-state index contributed by atoms with van der Waals surface area (Å²) in [4.78, 5) is 4.56. The molecule has 1 aromatic heterocycles. The van der Waals surface area contributed by atoms with E-state index in [2.05, 4.69) is 14.9 Å². The summed E-state index contributed by atoms with van der Waals surface area (Å²) >= 11 is 0. The number of hydrogen-bond donors (Lipinski definition) is 1. The molecule has 5 heteroatoms. The Bertz CT molecular complexity index is 400. The zero-order chi connectivity index (χ0) is 11.5. The zero-order valence-corrected chi connectivity index (χ0v) is 10.8. The number of fused-ring (bicyclic) bond motifs is 1. The highest BCUT2D eigenvalue weighted by Gasteiger charge is 2.17. The number of aromatic nitrogens is 2. The Morgan fingerprint density at radius 1 is 1.56 bits per heavy atom. The van der Waals surface area contributed by atoms with Crippen LogP contribution in [0, 0.1) is 6.92 Å². The molecule has 0 saturated heterocycles. The van der Waals surface area contributed by atoms with E-state index in [1.165, 1.54) is 11.4 Å². The second kappa shape index (κ2) is 5.10. The Kier molecular flexibility index (Phi) is 3.76. The van der Waals surface area contributed by atoms with Crippen molar-refractivity contribution in [3.05, 3.63) is 17.2 Å². The maximum atomic E-state index is 11.5. The van der Waals surface area contributed by atoms with Crippen LogP contribution >= 0.6 is 0 Å². The standard InChI is InChI=1S/C11H19N3OS/c1-3-16(15)7-6-14-9(2)13-10-8-12-5-4-11(10)14/h12H,3-8H2,1-2H3. The summed E-state index contributed by atoms with van der Waals surface area (Å²) in [5.41, 5.74) is 2.51. The summed E-state index contributed by atoms with van der Waals surface area (Å²) in [6.45, 7) is 6.74. The van der Waals surface area contributed by atoms with Crippen LogP contribution in [0.15, 0.2) is 0 Å². The molecule has 2 heterocycles. The third-order valence-electron chi connectivity index (χ3n) is 3.04. The first-order valence-electron chi connectivity index (χ1n) is 5.83. The van der Waals surface area contributed by atoms with Crippen molar-refractivity contribution in [2.24, 2.45) is 0 Å². The smallest absolute Gasteiger partial charge is 0.106 e. The molecular formula is C11H19N3OS. The molecule has 0 radical (unpaired) electrons. The third-order valence-corrected chi connectivity index (χ3v) is 4.32. The minimum Gasteiger partial charge on any atom is -0.331 e. The van der Waals surface area contributed by atoms with E-state index in [0.29, 0.717) is 0 Å². The molecule has 0 fully saturated rings. The van der Waals surface area contributed by atoms with E-state index in [9.17, 15) is 4.21 Å². The van der Waals surface area contributed by atoms with Crippen LogP contribution in [0.2, 0.25) is 0 Å². The van der Waals surface area contributed by atoms with Gasteiger partial charge < -0.3 is 9.88 Å². The SMILES string of the molecule is CCS(=O)CCn1c(C)nc2c1CCNC2. The summed E-state index contributed by atoms with van der Waals surface area (Å²) in [6.07, 6.45) is 1.04. The van der Waals surface area contributed by atoms with Crippen molar-refractivity contribution in [3.63, 3.8) is 0 Å². The number of imidazole rings is 1. The lowest BCUT2D eigenvalue weighted by atomic mass is 10.2. The first-order valence-corrected chi connectivity index (χ1v) is 7.31. The van der Waals surface area contributed by atoms with Crippen LogP contribution in [0.5, 0.6) is 0 Å². The van der Waals surface area contributed by atoms with Crippen LogP contribution in [-0.4, -0.2) is 31.8 Å². The van der Waals surface area contributed by atoms with E-state index in [1.807, 2.05) is 13.8 Å². The molecule has 0 saturated carbocycles. The summed E-state index contributed by atoms with van der Waals surface area (Å²) in [6, 6.07) is 0. The number of nitrogens with one attached hydrogen (secondary N) is 1. The van der Waals surface area contributed by atoms with Crippen molar-refractivity contribution in [3.8, 4) is 0 Å². The fourth-order valence-corrected chi connectivity index (χ4v) is 2.81. The predicted molar refractivity (Wildman–Crippen MR) is 65.9 cm³/mol. The van der Waals surface area contributed by atoms with Gasteiger partial charge in [-0.25, -0.2) is 4.98 Å². The molecular weight excluding hydrogens is 222 g/mol. The van der Waals surface area contributed by atoms with Crippen molar-refractivity contribution in [2.75, 3.05) is 18.1 Å². The van der Waals surface area contributed by atoms with Gasteiger partial charge in [0.05, 0.1) is 5.69 Å². The van der Waals surface area contributed by atoms with E-state index in [1.54, 1.807) is 0 Å². The molecule has 0 aliphatic carbocycles. The lowest BCUT2D eigenvalue weighted by Gasteiger charge is -2.15. The highest BCUT2D eigenvalue weighted by molar-refractivity contribution is 7.84. The van der Waals surface area contributed by atoms with Gasteiger partial charge in [0.25, 0.3) is 0 Å². The van der Waals surface area contributed by atoms with Gasteiger partial charge in [0, 0.05) is 54.1 Å². The number of rotatable bonds is 4. The lowest BCUT2D eigenvalue weighted by Crippen LogP contribution is -2.25. The molecule has 0 bridgehead atoms. The van der Waals surface area contributed by atoms with Crippen molar-refractivity contribution >= 4 is 10.8 Å². The van der Waals surface area contributed by atoms with Crippen LogP contribution in [0.25, 0.3) is 0 Å². The van der Waals surface area contributed by atoms with Gasteiger partial charge in [-0.15, -0.1) is 0 Å². The van der Waals surface area contributed by atoms with Crippen molar-refractivity contribution in [1.82, 2.24) is 14.9 Å². The quantitative estimate of drug-likeness (QED) is 0.840. The fraction of sp³-hybridized carbons (Fsp3) is 0.727. The molecule has 2 rings (SSSR count). The summed E-state index contributed by atoms with van der Waals surface area (Å²) in [7, 11) is -0.685. The van der Waals surface area contributed by atoms with Gasteiger partial charge in [0.1, 0.15) is 5.82 Å².